The summed E-state index contributed by atoms with van der Waals surface area (Å²) in [4.78, 5) is 12.6. The maximum absolute atomic E-state index is 12.6. The highest BCUT2D eigenvalue weighted by Gasteiger charge is 2.22. The van der Waals surface area contributed by atoms with Crippen molar-refractivity contribution in [3.63, 3.8) is 0 Å². The van der Waals surface area contributed by atoms with Gasteiger partial charge in [-0.2, -0.15) is 5.10 Å². The van der Waals surface area contributed by atoms with Gasteiger partial charge in [-0.15, -0.1) is 10.2 Å². The molecule has 0 saturated heterocycles. The minimum Gasteiger partial charge on any atom is -0.335 e. The van der Waals surface area contributed by atoms with Gasteiger partial charge in [0.15, 0.2) is 5.82 Å². The van der Waals surface area contributed by atoms with Crippen molar-refractivity contribution in [3.05, 3.63) is 41.2 Å². The van der Waals surface area contributed by atoms with Gasteiger partial charge in [0.2, 0.25) is 11.1 Å². The van der Waals surface area contributed by atoms with Crippen LogP contribution in [-0.4, -0.2) is 35.8 Å². The zero-order valence-corrected chi connectivity index (χ0v) is 16.8. The first-order valence-corrected chi connectivity index (χ1v) is 9.41. The van der Waals surface area contributed by atoms with Gasteiger partial charge >= 0.3 is 0 Å². The molecular weight excluding hydrogens is 362 g/mol. The van der Waals surface area contributed by atoms with E-state index in [0.29, 0.717) is 11.0 Å². The molecule has 0 fully saturated rings. The third kappa shape index (κ3) is 3.82. The molecule has 27 heavy (non-hydrogen) atoms. The quantitative estimate of drug-likeness (QED) is 0.516. The third-order valence-electron chi connectivity index (χ3n) is 4.38. The van der Waals surface area contributed by atoms with Crippen LogP contribution in [0.15, 0.2) is 29.4 Å². The van der Waals surface area contributed by atoms with E-state index >= 15 is 0 Å². The highest BCUT2D eigenvalue weighted by Crippen LogP contribution is 2.26. The fourth-order valence-electron chi connectivity index (χ4n) is 2.65. The fraction of sp³-hybridized carbons (Fsp3) is 0.333. The monoisotopic (exact) mass is 385 g/mol. The predicted molar refractivity (Wildman–Crippen MR) is 107 cm³/mol. The van der Waals surface area contributed by atoms with E-state index in [-0.39, 0.29) is 5.91 Å². The summed E-state index contributed by atoms with van der Waals surface area (Å²) in [5.41, 5.74) is 4.46. The molecular formula is C18H23N7OS. The van der Waals surface area contributed by atoms with E-state index in [1.165, 1.54) is 16.4 Å². The summed E-state index contributed by atoms with van der Waals surface area (Å²) in [7, 11) is 1.85. The van der Waals surface area contributed by atoms with E-state index in [9.17, 15) is 4.79 Å². The van der Waals surface area contributed by atoms with Gasteiger partial charge in [0, 0.05) is 12.6 Å². The molecule has 0 spiro atoms. The number of anilines is 1. The Balaban J connectivity index is 1.73. The topological polar surface area (TPSA) is 104 Å². The average molecular weight is 385 g/mol. The number of carbonyl (C=O) groups is 1. The van der Waals surface area contributed by atoms with Crippen LogP contribution < -0.4 is 11.2 Å². The Kier molecular flexibility index (Phi) is 5.22. The zero-order valence-electron chi connectivity index (χ0n) is 16.0. The molecule has 0 bridgehead atoms. The van der Waals surface area contributed by atoms with Crippen LogP contribution in [0.2, 0.25) is 0 Å². The summed E-state index contributed by atoms with van der Waals surface area (Å²) in [5.74, 6) is 6.57. The molecule has 9 heteroatoms. The molecule has 8 nitrogen and oxygen atoms in total. The van der Waals surface area contributed by atoms with Crippen LogP contribution in [0.25, 0.3) is 11.4 Å². The summed E-state index contributed by atoms with van der Waals surface area (Å²) < 4.78 is 3.16. The van der Waals surface area contributed by atoms with E-state index in [0.717, 1.165) is 28.2 Å². The van der Waals surface area contributed by atoms with E-state index in [4.69, 9.17) is 5.84 Å². The highest BCUT2D eigenvalue weighted by molar-refractivity contribution is 8.00. The summed E-state index contributed by atoms with van der Waals surface area (Å²) in [6.07, 6.45) is 0. The van der Waals surface area contributed by atoms with Crippen molar-refractivity contribution in [2.24, 2.45) is 7.05 Å². The SMILES string of the molecule is Cc1ccc(-c2nnc(S[C@@H](C)C(=O)Nc3c(C)nn(C)c3C)n2N)cc1. The van der Waals surface area contributed by atoms with Gasteiger partial charge in [-0.3, -0.25) is 9.48 Å². The lowest BCUT2D eigenvalue weighted by molar-refractivity contribution is -0.115. The van der Waals surface area contributed by atoms with Crippen molar-refractivity contribution in [1.82, 2.24) is 24.7 Å². The Bertz CT molecular complexity index is 975. The Morgan fingerprint density at radius 2 is 1.85 bits per heavy atom. The number of thioether (sulfide) groups is 1. The van der Waals surface area contributed by atoms with Crippen LogP contribution in [-0.2, 0) is 11.8 Å². The number of amides is 1. The van der Waals surface area contributed by atoms with Gasteiger partial charge in [0.05, 0.1) is 22.3 Å². The number of nitrogens with two attached hydrogens (primary N) is 1. The normalized spacial score (nSPS) is 12.2. The van der Waals surface area contributed by atoms with Crippen molar-refractivity contribution >= 4 is 23.4 Å². The smallest absolute Gasteiger partial charge is 0.237 e. The average Bonchev–Trinajstić information content (AvgIpc) is 3.10. The number of rotatable bonds is 5. The van der Waals surface area contributed by atoms with Gasteiger partial charge < -0.3 is 11.2 Å². The van der Waals surface area contributed by atoms with Gasteiger partial charge in [0.25, 0.3) is 0 Å². The molecule has 1 aromatic carbocycles. The Hall–Kier alpha value is -2.81. The Morgan fingerprint density at radius 3 is 2.44 bits per heavy atom. The number of aromatic nitrogens is 5. The van der Waals surface area contributed by atoms with Gasteiger partial charge in [0.1, 0.15) is 0 Å². The molecule has 3 rings (SSSR count). The largest absolute Gasteiger partial charge is 0.335 e. The van der Waals surface area contributed by atoms with Crippen LogP contribution in [0.5, 0.6) is 0 Å². The molecule has 2 aromatic heterocycles. The molecule has 0 aliphatic rings. The van der Waals surface area contributed by atoms with E-state index < -0.39 is 5.25 Å². The lowest BCUT2D eigenvalue weighted by atomic mass is 10.1. The molecule has 0 radical (unpaired) electrons. The summed E-state index contributed by atoms with van der Waals surface area (Å²) in [6, 6.07) is 7.87. The first kappa shape index (κ1) is 19.0. The molecule has 142 valence electrons. The van der Waals surface area contributed by atoms with Gasteiger partial charge in [-0.25, -0.2) is 4.68 Å². The molecule has 0 saturated carbocycles. The molecule has 1 atom stereocenters. The first-order chi connectivity index (χ1) is 12.8. The number of benzene rings is 1. The minimum absolute atomic E-state index is 0.140. The van der Waals surface area contributed by atoms with Crippen molar-refractivity contribution < 1.29 is 4.79 Å². The summed E-state index contributed by atoms with van der Waals surface area (Å²) in [5, 5.41) is 15.6. The zero-order chi connectivity index (χ0) is 19.7. The summed E-state index contributed by atoms with van der Waals surface area (Å²) >= 11 is 1.26. The molecule has 0 aliphatic heterocycles. The van der Waals surface area contributed by atoms with Gasteiger partial charge in [-0.1, -0.05) is 41.6 Å². The molecule has 0 unspecified atom stereocenters. The van der Waals surface area contributed by atoms with Crippen molar-refractivity contribution in [1.29, 1.82) is 0 Å². The Morgan fingerprint density at radius 1 is 1.19 bits per heavy atom. The van der Waals surface area contributed by atoms with E-state index in [1.807, 2.05) is 52.1 Å². The fourth-order valence-corrected chi connectivity index (χ4v) is 3.42. The second kappa shape index (κ2) is 7.43. The number of nitrogens with one attached hydrogen (secondary N) is 1. The highest BCUT2D eigenvalue weighted by atomic mass is 32.2. The van der Waals surface area contributed by atoms with Crippen LogP contribution >= 0.6 is 11.8 Å². The molecule has 2 heterocycles. The molecule has 3 N–H and O–H groups in total. The summed E-state index contributed by atoms with van der Waals surface area (Å²) in [6.45, 7) is 7.61. The number of nitrogen functional groups attached to an aromatic ring is 1. The number of hydrogen-bond donors (Lipinski definition) is 2. The molecule has 3 aromatic rings. The predicted octanol–water partition coefficient (Wildman–Crippen LogP) is 2.44. The Labute approximate surface area is 162 Å². The first-order valence-electron chi connectivity index (χ1n) is 8.53. The minimum atomic E-state index is -0.402. The molecule has 1 amide bonds. The van der Waals surface area contributed by atoms with Crippen LogP contribution in [0.4, 0.5) is 5.69 Å². The molecule has 0 aliphatic carbocycles. The number of aryl methyl sites for hydroxylation is 3. The number of hydrogen-bond acceptors (Lipinski definition) is 6. The lowest BCUT2D eigenvalue weighted by Crippen LogP contribution is -2.24. The number of carbonyl (C=O) groups excluding carboxylic acids is 1. The lowest BCUT2D eigenvalue weighted by Gasteiger charge is -2.12. The van der Waals surface area contributed by atoms with Crippen molar-refractivity contribution in [2.75, 3.05) is 11.2 Å². The maximum atomic E-state index is 12.6. The van der Waals surface area contributed by atoms with Crippen LogP contribution in [0, 0.1) is 20.8 Å². The number of nitrogens with zero attached hydrogens (tertiary/aromatic N) is 5. The maximum Gasteiger partial charge on any atom is 0.237 e. The van der Waals surface area contributed by atoms with Gasteiger partial charge in [-0.05, 0) is 27.7 Å². The van der Waals surface area contributed by atoms with E-state index in [2.05, 4.69) is 20.6 Å². The standard InChI is InChI=1S/C18H23N7OS/c1-10-6-8-14(9-7-10)16-21-22-18(25(16)19)27-13(4)17(26)20-15-11(2)23-24(5)12(15)3/h6-9,13H,19H2,1-5H3,(H,20,26)/t13-/m0/s1. The second-order valence-corrected chi connectivity index (χ2v) is 7.77. The third-order valence-corrected chi connectivity index (χ3v) is 5.44. The van der Waals surface area contributed by atoms with E-state index in [1.54, 1.807) is 11.6 Å². The van der Waals surface area contributed by atoms with Crippen molar-refractivity contribution in [2.45, 2.75) is 38.1 Å². The van der Waals surface area contributed by atoms with Crippen molar-refractivity contribution in [3.8, 4) is 11.4 Å². The second-order valence-electron chi connectivity index (χ2n) is 6.46. The van der Waals surface area contributed by atoms with Crippen LogP contribution in [0.1, 0.15) is 23.9 Å². The van der Waals surface area contributed by atoms with Crippen LogP contribution in [0.3, 0.4) is 0 Å².